The molecular weight excluding hydrogens is 346 g/mol. The normalized spacial score (nSPS) is 10.8. The zero-order valence-corrected chi connectivity index (χ0v) is 15.7. The number of hydrogen-bond acceptors (Lipinski definition) is 5. The van der Waals surface area contributed by atoms with Gasteiger partial charge in [0.15, 0.2) is 11.0 Å². The minimum atomic E-state index is 0.255. The fraction of sp³-hybridized carbons (Fsp3) is 0.300. The summed E-state index contributed by atoms with van der Waals surface area (Å²) in [6, 6.07) is 18.0. The second-order valence-corrected chi connectivity index (χ2v) is 6.90. The lowest BCUT2D eigenvalue weighted by Crippen LogP contribution is -2.00. The Morgan fingerprint density at radius 1 is 1.00 bits per heavy atom. The third-order valence-electron chi connectivity index (χ3n) is 4.01. The lowest BCUT2D eigenvalue weighted by atomic mass is 10.2. The van der Waals surface area contributed by atoms with E-state index in [1.165, 1.54) is 0 Å². The number of unbranched alkanes of at least 4 members (excludes halogenated alkanes) is 2. The molecule has 0 aliphatic heterocycles. The first-order valence-corrected chi connectivity index (χ1v) is 9.71. The molecule has 1 aromatic heterocycles. The average Bonchev–Trinajstić information content (AvgIpc) is 3.12. The van der Waals surface area contributed by atoms with E-state index in [9.17, 15) is 0 Å². The summed E-state index contributed by atoms with van der Waals surface area (Å²) in [4.78, 5) is 0. The van der Waals surface area contributed by atoms with Crippen molar-refractivity contribution in [1.82, 2.24) is 14.8 Å². The summed E-state index contributed by atoms with van der Waals surface area (Å²) >= 11 is 1.69. The van der Waals surface area contributed by atoms with Crippen molar-refractivity contribution in [2.45, 2.75) is 24.4 Å². The van der Waals surface area contributed by atoms with Crippen LogP contribution in [0.3, 0.4) is 0 Å². The number of aliphatic hydroxyl groups excluding tert-OH is 1. The van der Waals surface area contributed by atoms with Gasteiger partial charge in [0.05, 0.1) is 7.11 Å². The average molecular weight is 369 g/mol. The van der Waals surface area contributed by atoms with Crippen molar-refractivity contribution in [2.24, 2.45) is 0 Å². The summed E-state index contributed by atoms with van der Waals surface area (Å²) in [6.07, 6.45) is 2.91. The van der Waals surface area contributed by atoms with E-state index in [1.54, 1.807) is 18.9 Å². The van der Waals surface area contributed by atoms with Crippen molar-refractivity contribution in [2.75, 3.05) is 19.5 Å². The first-order valence-electron chi connectivity index (χ1n) is 8.72. The molecule has 1 heterocycles. The van der Waals surface area contributed by atoms with Crippen LogP contribution in [-0.4, -0.2) is 39.3 Å². The predicted octanol–water partition coefficient (Wildman–Crippen LogP) is 4.20. The zero-order chi connectivity index (χ0) is 18.2. The number of rotatable bonds is 9. The molecule has 0 aliphatic carbocycles. The van der Waals surface area contributed by atoms with Gasteiger partial charge in [-0.05, 0) is 37.1 Å². The number of methoxy groups -OCH3 is 1. The van der Waals surface area contributed by atoms with Gasteiger partial charge in [0.25, 0.3) is 0 Å². The van der Waals surface area contributed by atoms with Crippen LogP contribution in [0.15, 0.2) is 59.8 Å². The molecule has 0 saturated heterocycles. The van der Waals surface area contributed by atoms with Crippen molar-refractivity contribution in [3.8, 4) is 22.8 Å². The molecule has 0 radical (unpaired) electrons. The Kier molecular flexibility index (Phi) is 6.68. The Balaban J connectivity index is 1.92. The molecule has 0 aliphatic rings. The summed E-state index contributed by atoms with van der Waals surface area (Å²) in [5.74, 6) is 2.54. The zero-order valence-electron chi connectivity index (χ0n) is 14.8. The van der Waals surface area contributed by atoms with Gasteiger partial charge < -0.3 is 9.84 Å². The molecule has 136 valence electrons. The summed E-state index contributed by atoms with van der Waals surface area (Å²) in [6.45, 7) is 0.255. The van der Waals surface area contributed by atoms with E-state index in [2.05, 4.69) is 26.9 Å². The summed E-state index contributed by atoms with van der Waals surface area (Å²) in [7, 11) is 1.66. The molecule has 0 saturated carbocycles. The van der Waals surface area contributed by atoms with Gasteiger partial charge in [0, 0.05) is 23.6 Å². The smallest absolute Gasteiger partial charge is 0.196 e. The predicted molar refractivity (Wildman–Crippen MR) is 105 cm³/mol. The van der Waals surface area contributed by atoms with Crippen LogP contribution in [0.4, 0.5) is 0 Å². The van der Waals surface area contributed by atoms with Gasteiger partial charge >= 0.3 is 0 Å². The van der Waals surface area contributed by atoms with Crippen LogP contribution in [-0.2, 0) is 0 Å². The van der Waals surface area contributed by atoms with Crippen LogP contribution in [0.5, 0.6) is 5.75 Å². The fourth-order valence-electron chi connectivity index (χ4n) is 2.68. The number of benzene rings is 2. The van der Waals surface area contributed by atoms with Crippen LogP contribution in [0.1, 0.15) is 19.3 Å². The van der Waals surface area contributed by atoms with Gasteiger partial charge in [-0.1, -0.05) is 48.5 Å². The lowest BCUT2D eigenvalue weighted by molar-refractivity contribution is 0.284. The van der Waals surface area contributed by atoms with Gasteiger partial charge in [-0.15, -0.1) is 10.2 Å². The highest BCUT2D eigenvalue weighted by Crippen LogP contribution is 2.30. The van der Waals surface area contributed by atoms with E-state index in [4.69, 9.17) is 9.84 Å². The number of para-hydroxylation sites is 1. The van der Waals surface area contributed by atoms with Crippen molar-refractivity contribution in [3.63, 3.8) is 0 Å². The van der Waals surface area contributed by atoms with Crippen molar-refractivity contribution in [3.05, 3.63) is 54.6 Å². The highest BCUT2D eigenvalue weighted by Gasteiger charge is 2.16. The Morgan fingerprint density at radius 3 is 2.62 bits per heavy atom. The first-order chi connectivity index (χ1) is 12.8. The Labute approximate surface area is 158 Å². The Bertz CT molecular complexity index is 821. The molecule has 3 rings (SSSR count). The monoisotopic (exact) mass is 369 g/mol. The first kappa shape index (κ1) is 18.5. The third-order valence-corrected chi connectivity index (χ3v) is 5.02. The maximum absolute atomic E-state index is 8.90. The number of hydrogen-bond donors (Lipinski definition) is 1. The quantitative estimate of drug-likeness (QED) is 0.452. The number of thioether (sulfide) groups is 1. The van der Waals surface area contributed by atoms with Crippen LogP contribution < -0.4 is 4.74 Å². The molecule has 0 unspecified atom stereocenters. The standard InChI is InChI=1S/C20H23N3O2S/c1-25-18-12-8-9-16(15-18)19-21-22-20(26-14-7-3-6-13-24)23(19)17-10-4-2-5-11-17/h2,4-5,8-12,15,24H,3,6-7,13-14H2,1H3. The number of aliphatic hydroxyl groups is 1. The molecule has 2 aromatic carbocycles. The van der Waals surface area contributed by atoms with E-state index in [0.717, 1.165) is 53.0 Å². The maximum atomic E-state index is 8.90. The molecule has 0 bridgehead atoms. The second-order valence-electron chi connectivity index (χ2n) is 5.84. The molecule has 3 aromatic rings. The molecule has 0 amide bonds. The molecule has 26 heavy (non-hydrogen) atoms. The van der Waals surface area contributed by atoms with Crippen LogP contribution in [0, 0.1) is 0 Å². The highest BCUT2D eigenvalue weighted by atomic mass is 32.2. The minimum absolute atomic E-state index is 0.255. The number of ether oxygens (including phenoxy) is 1. The molecule has 5 nitrogen and oxygen atoms in total. The SMILES string of the molecule is COc1cccc(-c2nnc(SCCCCCO)n2-c2ccccc2)c1. The summed E-state index contributed by atoms with van der Waals surface area (Å²) < 4.78 is 7.44. The Hall–Kier alpha value is -2.31. The molecule has 0 fully saturated rings. The van der Waals surface area contributed by atoms with E-state index < -0.39 is 0 Å². The maximum Gasteiger partial charge on any atom is 0.196 e. The van der Waals surface area contributed by atoms with Crippen molar-refractivity contribution >= 4 is 11.8 Å². The van der Waals surface area contributed by atoms with Gasteiger partial charge in [-0.25, -0.2) is 0 Å². The molecule has 1 N–H and O–H groups in total. The van der Waals surface area contributed by atoms with Gasteiger partial charge in [0.1, 0.15) is 5.75 Å². The third kappa shape index (κ3) is 4.45. The van der Waals surface area contributed by atoms with Crippen LogP contribution >= 0.6 is 11.8 Å². The van der Waals surface area contributed by atoms with E-state index in [1.807, 2.05) is 42.5 Å². The van der Waals surface area contributed by atoms with Gasteiger partial charge in [-0.3, -0.25) is 4.57 Å². The van der Waals surface area contributed by atoms with Crippen LogP contribution in [0.25, 0.3) is 17.1 Å². The van der Waals surface area contributed by atoms with Gasteiger partial charge in [-0.2, -0.15) is 0 Å². The number of nitrogens with zero attached hydrogens (tertiary/aromatic N) is 3. The fourth-order valence-corrected chi connectivity index (χ4v) is 3.63. The lowest BCUT2D eigenvalue weighted by Gasteiger charge is -2.11. The molecule has 6 heteroatoms. The van der Waals surface area contributed by atoms with Crippen molar-refractivity contribution < 1.29 is 9.84 Å². The topological polar surface area (TPSA) is 60.2 Å². The number of aromatic nitrogens is 3. The minimum Gasteiger partial charge on any atom is -0.497 e. The van der Waals surface area contributed by atoms with Gasteiger partial charge in [0.2, 0.25) is 0 Å². The Morgan fingerprint density at radius 2 is 1.85 bits per heavy atom. The highest BCUT2D eigenvalue weighted by molar-refractivity contribution is 7.99. The summed E-state index contributed by atoms with van der Waals surface area (Å²) in [5.41, 5.74) is 2.00. The second kappa shape index (κ2) is 9.40. The van der Waals surface area contributed by atoms with Crippen LogP contribution in [0.2, 0.25) is 0 Å². The largest absolute Gasteiger partial charge is 0.497 e. The molecule has 0 atom stereocenters. The van der Waals surface area contributed by atoms with E-state index >= 15 is 0 Å². The van der Waals surface area contributed by atoms with Crippen molar-refractivity contribution in [1.29, 1.82) is 0 Å². The van der Waals surface area contributed by atoms with E-state index in [0.29, 0.717) is 0 Å². The van der Waals surface area contributed by atoms with E-state index in [-0.39, 0.29) is 6.61 Å². The molecule has 0 spiro atoms. The summed E-state index contributed by atoms with van der Waals surface area (Å²) in [5, 5.41) is 18.7. The molecular formula is C20H23N3O2S.